The first-order chi connectivity index (χ1) is 24.4. The molecule has 1 unspecified atom stereocenters. The number of hydrogen-bond acceptors (Lipinski definition) is 5. The summed E-state index contributed by atoms with van der Waals surface area (Å²) in [5.41, 5.74) is 0. The van der Waals surface area contributed by atoms with E-state index in [0.29, 0.717) is 25.5 Å². The van der Waals surface area contributed by atoms with Crippen molar-refractivity contribution in [2.45, 2.75) is 252 Å². The maximum absolute atomic E-state index is 12.7. The summed E-state index contributed by atoms with van der Waals surface area (Å²) in [5, 5.41) is 0. The third-order valence-electron chi connectivity index (χ3n) is 10.3. The Morgan fingerprint density at radius 3 is 1.27 bits per heavy atom. The van der Waals surface area contributed by atoms with E-state index in [1.54, 1.807) is 0 Å². The van der Waals surface area contributed by atoms with Crippen LogP contribution in [-0.2, 0) is 40.1 Å². The molecular weight excluding hydrogens is 714 g/mol. The minimum absolute atomic E-state index is 0. The second-order valence-electron chi connectivity index (χ2n) is 15.5. The van der Waals surface area contributed by atoms with Crippen molar-refractivity contribution in [1.82, 2.24) is 4.90 Å². The maximum atomic E-state index is 12.7. The number of unbranched alkanes of at least 4 members (excludes halogenated alkanes) is 24. The van der Waals surface area contributed by atoms with Crippen LogP contribution in [-0.4, -0.2) is 48.7 Å². The van der Waals surface area contributed by atoms with Crippen molar-refractivity contribution in [2.24, 2.45) is 0 Å². The molecule has 0 heterocycles. The summed E-state index contributed by atoms with van der Waals surface area (Å²) in [6.07, 6.45) is 38.9. The molecule has 0 amide bonds. The van der Waals surface area contributed by atoms with E-state index >= 15 is 0 Å². The summed E-state index contributed by atoms with van der Waals surface area (Å²) in [4.78, 5) is 27.2. The summed E-state index contributed by atoms with van der Waals surface area (Å²) in [5.74, 6) is 0.0157. The fourth-order valence-corrected chi connectivity index (χ4v) is 6.91. The fourth-order valence-electron chi connectivity index (χ4n) is 6.91. The molecule has 51 heavy (non-hydrogen) atoms. The van der Waals surface area contributed by atoms with Gasteiger partial charge in [0, 0.05) is 33.9 Å². The Kier molecular flexibility index (Phi) is 43.7. The van der Waals surface area contributed by atoms with Crippen LogP contribution in [0.25, 0.3) is 0 Å². The van der Waals surface area contributed by atoms with Gasteiger partial charge in [-0.2, -0.15) is 0 Å². The van der Waals surface area contributed by atoms with E-state index in [0.717, 1.165) is 58.0 Å². The topological polar surface area (TPSA) is 55.8 Å². The van der Waals surface area contributed by atoms with Crippen LogP contribution >= 0.6 is 0 Å². The third-order valence-corrected chi connectivity index (χ3v) is 10.3. The molecule has 0 aliphatic heterocycles. The number of ether oxygens (including phenoxy) is 2. The molecule has 0 saturated heterocycles. The number of carbonyl (C=O) groups is 2. The van der Waals surface area contributed by atoms with Gasteiger partial charge in [-0.25, -0.2) is 0 Å². The largest absolute Gasteiger partial charge is 0.466 e. The molecule has 5 nitrogen and oxygen atoms in total. The molecule has 0 N–H and O–H groups in total. The molecule has 0 rings (SSSR count). The molecule has 0 saturated carbocycles. The van der Waals surface area contributed by atoms with E-state index in [1.807, 2.05) is 0 Å². The minimum Gasteiger partial charge on any atom is -0.466 e. The molecule has 0 aromatic carbocycles. The second kappa shape index (κ2) is 42.3. The molecule has 0 spiro atoms. The first-order valence-electron chi connectivity index (χ1n) is 22.4. The molecule has 0 fully saturated rings. The zero-order valence-electron chi connectivity index (χ0n) is 34.8. The van der Waals surface area contributed by atoms with E-state index in [-0.39, 0.29) is 39.1 Å². The van der Waals surface area contributed by atoms with Gasteiger partial charge in [0.1, 0.15) is 6.10 Å². The summed E-state index contributed by atoms with van der Waals surface area (Å²) in [6.45, 7) is 16.1. The first kappa shape index (κ1) is 52.7. The minimum atomic E-state index is -0.0146. The van der Waals surface area contributed by atoms with Gasteiger partial charge in [-0.15, -0.1) is 6.04 Å². The summed E-state index contributed by atoms with van der Waals surface area (Å²) in [6, 6.07) is 0.330. The predicted octanol–water partition coefficient (Wildman–Crippen LogP) is 13.9. The van der Waals surface area contributed by atoms with Gasteiger partial charge < -0.3 is 21.3 Å². The van der Waals surface area contributed by atoms with Crippen molar-refractivity contribution < 1.29 is 40.1 Å². The van der Waals surface area contributed by atoms with Gasteiger partial charge in [0.15, 0.2) is 0 Å². The van der Waals surface area contributed by atoms with Crippen LogP contribution in [0.1, 0.15) is 240 Å². The molecule has 1 atom stereocenters. The van der Waals surface area contributed by atoms with Gasteiger partial charge in [-0.1, -0.05) is 169 Å². The molecule has 0 aromatic rings. The fraction of sp³-hybridized carbons (Fsp3) is 0.933. The Labute approximate surface area is 333 Å². The third kappa shape index (κ3) is 39.1. The van der Waals surface area contributed by atoms with Crippen molar-refractivity contribution >= 4 is 11.9 Å². The van der Waals surface area contributed by atoms with Crippen LogP contribution in [0.2, 0.25) is 0 Å². The van der Waals surface area contributed by atoms with Gasteiger partial charge >= 0.3 is 11.9 Å². The quantitative estimate of drug-likeness (QED) is 0.0267. The Hall–Kier alpha value is -0.412. The first-order valence-corrected chi connectivity index (χ1v) is 22.4. The molecule has 0 aliphatic carbocycles. The number of nitrogens with zero attached hydrogens (tertiary/aromatic N) is 1. The van der Waals surface area contributed by atoms with Crippen molar-refractivity contribution in [3.8, 4) is 0 Å². The van der Waals surface area contributed by atoms with Gasteiger partial charge in [-0.05, 0) is 70.9 Å². The van der Waals surface area contributed by atoms with E-state index < -0.39 is 0 Å². The van der Waals surface area contributed by atoms with Gasteiger partial charge in [0.2, 0.25) is 0 Å². The zero-order chi connectivity index (χ0) is 36.8. The summed E-state index contributed by atoms with van der Waals surface area (Å²) in [7, 11) is 0. The molecule has 0 aromatic heterocycles. The predicted molar refractivity (Wildman–Crippen MR) is 217 cm³/mol. The maximum Gasteiger partial charge on any atom is 0.306 e. The smallest absolute Gasteiger partial charge is 0.306 e. The van der Waals surface area contributed by atoms with E-state index in [1.165, 1.54) is 154 Å². The van der Waals surface area contributed by atoms with Crippen molar-refractivity contribution in [3.63, 3.8) is 0 Å². The standard InChI is InChI=1S/C45H88NO4.Mo/c1-6-9-12-15-18-27-34-41-49-44(47)37-30-23-19-25-32-39-46(42(4)5)40-33-26-20-24-31-38-45(48)50-43(35-28-21-16-13-10-7-2)36-29-22-17-14-11-8-3;/h42-43H,4,6-41H2,1-3,5H3;/q-1;. The molecular formula is C45H88MoNO4-. The Morgan fingerprint density at radius 2 is 0.843 bits per heavy atom. The van der Waals surface area contributed by atoms with Gasteiger partial charge in [-0.3, -0.25) is 9.59 Å². The van der Waals surface area contributed by atoms with Crippen molar-refractivity contribution in [2.75, 3.05) is 19.7 Å². The zero-order valence-corrected chi connectivity index (χ0v) is 36.8. The average molecular weight is 803 g/mol. The van der Waals surface area contributed by atoms with Crippen molar-refractivity contribution in [1.29, 1.82) is 0 Å². The Morgan fingerprint density at radius 1 is 0.490 bits per heavy atom. The molecule has 304 valence electrons. The van der Waals surface area contributed by atoms with Crippen LogP contribution in [0.3, 0.4) is 0 Å². The van der Waals surface area contributed by atoms with E-state index in [2.05, 4.69) is 39.5 Å². The molecule has 0 radical (unpaired) electrons. The number of esters is 2. The van der Waals surface area contributed by atoms with Gasteiger partial charge in [0.05, 0.1) is 6.61 Å². The number of rotatable bonds is 40. The van der Waals surface area contributed by atoms with Gasteiger partial charge in [0.25, 0.3) is 0 Å². The van der Waals surface area contributed by atoms with E-state index in [9.17, 15) is 9.59 Å². The van der Waals surface area contributed by atoms with Crippen LogP contribution in [0, 0.1) is 6.92 Å². The summed E-state index contributed by atoms with van der Waals surface area (Å²) < 4.78 is 11.5. The normalized spacial score (nSPS) is 12.0. The summed E-state index contributed by atoms with van der Waals surface area (Å²) >= 11 is 0. The van der Waals surface area contributed by atoms with Crippen LogP contribution in [0.15, 0.2) is 0 Å². The monoisotopic (exact) mass is 805 g/mol. The number of carbonyl (C=O) groups excluding carboxylic acids is 2. The number of hydrogen-bond donors (Lipinski definition) is 0. The van der Waals surface area contributed by atoms with Crippen molar-refractivity contribution in [3.05, 3.63) is 6.92 Å². The van der Waals surface area contributed by atoms with Crippen LogP contribution < -0.4 is 0 Å². The Balaban J connectivity index is 0. The molecule has 6 heteroatoms. The molecule has 0 bridgehead atoms. The van der Waals surface area contributed by atoms with Crippen LogP contribution in [0.4, 0.5) is 0 Å². The Bertz CT molecular complexity index is 702. The average Bonchev–Trinajstić information content (AvgIpc) is 3.10. The molecule has 0 aliphatic rings. The van der Waals surface area contributed by atoms with E-state index in [4.69, 9.17) is 9.47 Å². The SMILES string of the molecule is [CH2-]C(C)N(CCCCCCCC(=O)OCCCCCCCCC)CCCCCCCC(=O)OC(CCCCCCCC)CCCCCCCC.[Mo]. The second-order valence-corrected chi connectivity index (χ2v) is 15.5. The van der Waals surface area contributed by atoms with Crippen LogP contribution in [0.5, 0.6) is 0 Å².